The summed E-state index contributed by atoms with van der Waals surface area (Å²) in [6.07, 6.45) is 1.96. The highest BCUT2D eigenvalue weighted by Crippen LogP contribution is 2.28. The molecule has 1 aromatic carbocycles. The molecular weight excluding hydrogens is 264 g/mol. The molecule has 0 N–H and O–H groups in total. The second-order valence-corrected chi connectivity index (χ2v) is 5.07. The number of benzene rings is 1. The molecule has 90 valence electrons. The number of rotatable bonds is 2. The highest BCUT2D eigenvalue weighted by Gasteiger charge is 2.09. The van der Waals surface area contributed by atoms with Crippen molar-refractivity contribution in [3.63, 3.8) is 0 Å². The molecule has 18 heavy (non-hydrogen) atoms. The van der Waals surface area contributed by atoms with Crippen molar-refractivity contribution in [1.82, 2.24) is 4.98 Å². The summed E-state index contributed by atoms with van der Waals surface area (Å²) < 4.78 is 0. The van der Waals surface area contributed by atoms with Gasteiger partial charge >= 0.3 is 0 Å². The van der Waals surface area contributed by atoms with Crippen LogP contribution in [0.1, 0.15) is 11.3 Å². The zero-order chi connectivity index (χ0) is 13.1. The number of hydrogen-bond donors (Lipinski definition) is 0. The predicted molar refractivity (Wildman–Crippen MR) is 75.9 cm³/mol. The summed E-state index contributed by atoms with van der Waals surface area (Å²) in [7, 11) is 0. The Kier molecular flexibility index (Phi) is 3.90. The van der Waals surface area contributed by atoms with Gasteiger partial charge in [-0.1, -0.05) is 23.7 Å². The van der Waals surface area contributed by atoms with E-state index in [0.717, 1.165) is 21.8 Å². The van der Waals surface area contributed by atoms with E-state index in [-0.39, 0.29) is 0 Å². The summed E-state index contributed by atoms with van der Waals surface area (Å²) >= 11 is 7.43. The van der Waals surface area contributed by atoms with Gasteiger partial charge in [-0.2, -0.15) is 5.26 Å². The summed E-state index contributed by atoms with van der Waals surface area (Å²) in [5, 5.41) is 9.81. The Morgan fingerprint density at radius 3 is 2.50 bits per heavy atom. The van der Waals surface area contributed by atoms with E-state index in [2.05, 4.69) is 11.1 Å². The van der Waals surface area contributed by atoms with Gasteiger partial charge in [0.25, 0.3) is 0 Å². The molecule has 2 rings (SSSR count). The van der Waals surface area contributed by atoms with Crippen LogP contribution in [-0.2, 0) is 0 Å². The molecule has 0 spiro atoms. The summed E-state index contributed by atoms with van der Waals surface area (Å²) in [5.41, 5.74) is 3.28. The van der Waals surface area contributed by atoms with Crippen LogP contribution in [0, 0.1) is 18.3 Å². The fraction of sp³-hybridized carbons (Fsp3) is 0.143. The number of hydrogen-bond acceptors (Lipinski definition) is 3. The molecule has 4 heteroatoms. The van der Waals surface area contributed by atoms with Crippen LogP contribution in [0.15, 0.2) is 35.2 Å². The summed E-state index contributed by atoms with van der Waals surface area (Å²) in [6, 6.07) is 11.7. The SMILES string of the molecule is CSc1cc(-c2ccc(Cl)cc2)nc(C)c1C#N. The molecule has 0 aliphatic carbocycles. The third kappa shape index (κ3) is 2.50. The van der Waals surface area contributed by atoms with Gasteiger partial charge in [0.1, 0.15) is 6.07 Å². The van der Waals surface area contributed by atoms with Crippen LogP contribution < -0.4 is 0 Å². The minimum absolute atomic E-state index is 0.653. The molecule has 0 amide bonds. The van der Waals surface area contributed by atoms with Crippen molar-refractivity contribution < 1.29 is 0 Å². The van der Waals surface area contributed by atoms with Crippen molar-refractivity contribution in [2.24, 2.45) is 0 Å². The van der Waals surface area contributed by atoms with Crippen molar-refractivity contribution >= 4 is 23.4 Å². The van der Waals surface area contributed by atoms with Gasteiger partial charge in [-0.3, -0.25) is 4.98 Å². The second-order valence-electron chi connectivity index (χ2n) is 3.79. The van der Waals surface area contributed by atoms with E-state index in [1.807, 2.05) is 43.5 Å². The lowest BCUT2D eigenvalue weighted by molar-refractivity contribution is 1.14. The summed E-state index contributed by atoms with van der Waals surface area (Å²) in [5.74, 6) is 0. The van der Waals surface area contributed by atoms with Crippen molar-refractivity contribution in [1.29, 1.82) is 5.26 Å². The van der Waals surface area contributed by atoms with Crippen LogP contribution in [0.2, 0.25) is 5.02 Å². The Labute approximate surface area is 116 Å². The molecule has 2 nitrogen and oxygen atoms in total. The van der Waals surface area contributed by atoms with E-state index in [9.17, 15) is 0 Å². The van der Waals surface area contributed by atoms with Crippen molar-refractivity contribution in [3.05, 3.63) is 46.6 Å². The fourth-order valence-corrected chi connectivity index (χ4v) is 2.46. The molecule has 0 bridgehead atoms. The van der Waals surface area contributed by atoms with Gasteiger partial charge in [0.15, 0.2) is 0 Å². The highest BCUT2D eigenvalue weighted by atomic mass is 35.5. The lowest BCUT2D eigenvalue weighted by Gasteiger charge is -2.08. The van der Waals surface area contributed by atoms with Gasteiger partial charge in [-0.15, -0.1) is 11.8 Å². The van der Waals surface area contributed by atoms with Gasteiger partial charge in [0.05, 0.1) is 17.0 Å². The number of nitrogens with zero attached hydrogens (tertiary/aromatic N) is 2. The standard InChI is InChI=1S/C14H11ClN2S/c1-9-12(8-16)14(18-2)7-13(17-9)10-3-5-11(15)6-4-10/h3-7H,1-2H3. The van der Waals surface area contributed by atoms with Crippen LogP contribution in [0.3, 0.4) is 0 Å². The van der Waals surface area contributed by atoms with E-state index in [4.69, 9.17) is 16.9 Å². The minimum atomic E-state index is 0.653. The molecular formula is C14H11ClN2S. The first-order chi connectivity index (χ1) is 8.65. The largest absolute Gasteiger partial charge is 0.252 e. The minimum Gasteiger partial charge on any atom is -0.252 e. The quantitative estimate of drug-likeness (QED) is 0.766. The zero-order valence-electron chi connectivity index (χ0n) is 10.1. The van der Waals surface area contributed by atoms with Crippen molar-refractivity contribution in [3.8, 4) is 17.3 Å². The van der Waals surface area contributed by atoms with Crippen molar-refractivity contribution in [2.45, 2.75) is 11.8 Å². The topological polar surface area (TPSA) is 36.7 Å². The maximum Gasteiger partial charge on any atom is 0.102 e. The molecule has 0 fully saturated rings. The molecule has 0 saturated heterocycles. The van der Waals surface area contributed by atoms with E-state index in [0.29, 0.717) is 10.6 Å². The molecule has 0 aliphatic rings. The number of aromatic nitrogens is 1. The molecule has 0 atom stereocenters. The fourth-order valence-electron chi connectivity index (χ4n) is 1.71. The third-order valence-electron chi connectivity index (χ3n) is 2.64. The Morgan fingerprint density at radius 1 is 1.28 bits per heavy atom. The smallest absolute Gasteiger partial charge is 0.102 e. The van der Waals surface area contributed by atoms with Crippen LogP contribution in [0.4, 0.5) is 0 Å². The first-order valence-corrected chi connectivity index (χ1v) is 6.97. The van der Waals surface area contributed by atoms with E-state index in [1.54, 1.807) is 11.8 Å². The normalized spacial score (nSPS) is 10.1. The average molecular weight is 275 g/mol. The number of pyridine rings is 1. The Hall–Kier alpha value is -1.50. The van der Waals surface area contributed by atoms with Gasteiger partial charge in [-0.25, -0.2) is 0 Å². The van der Waals surface area contributed by atoms with E-state index < -0.39 is 0 Å². The van der Waals surface area contributed by atoms with Crippen LogP contribution in [0.25, 0.3) is 11.3 Å². The molecule has 1 aromatic heterocycles. The Morgan fingerprint density at radius 2 is 1.94 bits per heavy atom. The number of nitriles is 1. The van der Waals surface area contributed by atoms with Crippen molar-refractivity contribution in [2.75, 3.05) is 6.26 Å². The Balaban J connectivity index is 2.56. The van der Waals surface area contributed by atoms with E-state index in [1.165, 1.54) is 0 Å². The molecule has 1 heterocycles. The molecule has 2 aromatic rings. The second kappa shape index (κ2) is 5.43. The Bertz CT molecular complexity index is 615. The summed E-state index contributed by atoms with van der Waals surface area (Å²) in [6.45, 7) is 1.86. The van der Waals surface area contributed by atoms with Gasteiger partial charge in [-0.05, 0) is 31.4 Å². The number of thioether (sulfide) groups is 1. The van der Waals surface area contributed by atoms with Gasteiger partial charge in [0.2, 0.25) is 0 Å². The monoisotopic (exact) mass is 274 g/mol. The first kappa shape index (κ1) is 12.9. The lowest BCUT2D eigenvalue weighted by Crippen LogP contribution is -1.94. The van der Waals surface area contributed by atoms with Crippen LogP contribution >= 0.6 is 23.4 Å². The maximum atomic E-state index is 9.11. The first-order valence-electron chi connectivity index (χ1n) is 5.37. The predicted octanol–water partition coefficient (Wildman–Crippen LogP) is 4.30. The average Bonchev–Trinajstić information content (AvgIpc) is 2.38. The number of halogens is 1. The number of aryl methyl sites for hydroxylation is 1. The van der Waals surface area contributed by atoms with Gasteiger partial charge < -0.3 is 0 Å². The van der Waals surface area contributed by atoms with Crippen LogP contribution in [0.5, 0.6) is 0 Å². The van der Waals surface area contributed by atoms with E-state index >= 15 is 0 Å². The molecule has 0 unspecified atom stereocenters. The van der Waals surface area contributed by atoms with Crippen LogP contribution in [-0.4, -0.2) is 11.2 Å². The third-order valence-corrected chi connectivity index (χ3v) is 3.65. The van der Waals surface area contributed by atoms with Gasteiger partial charge in [0, 0.05) is 15.5 Å². The molecule has 0 radical (unpaired) electrons. The molecule has 0 saturated carbocycles. The lowest BCUT2D eigenvalue weighted by atomic mass is 10.1. The molecule has 0 aliphatic heterocycles. The highest BCUT2D eigenvalue weighted by molar-refractivity contribution is 7.98. The summed E-state index contributed by atoms with van der Waals surface area (Å²) in [4.78, 5) is 5.43. The zero-order valence-corrected chi connectivity index (χ0v) is 11.6. The maximum absolute atomic E-state index is 9.11.